The minimum absolute atomic E-state index is 0.0889. The van der Waals surface area contributed by atoms with Crippen molar-refractivity contribution in [2.45, 2.75) is 26.5 Å². The predicted octanol–water partition coefficient (Wildman–Crippen LogP) is 5.89. The molecule has 0 unspecified atom stereocenters. The molecule has 6 heteroatoms. The van der Waals surface area contributed by atoms with Crippen molar-refractivity contribution in [1.29, 1.82) is 0 Å². The first-order chi connectivity index (χ1) is 16.5. The molecular weight excluding hydrogens is 431 g/mol. The van der Waals surface area contributed by atoms with Gasteiger partial charge in [0.25, 0.3) is 0 Å². The highest BCUT2D eigenvalue weighted by molar-refractivity contribution is 5.90. The summed E-state index contributed by atoms with van der Waals surface area (Å²) in [5.41, 5.74) is 5.19. The van der Waals surface area contributed by atoms with Gasteiger partial charge >= 0.3 is 5.97 Å². The molecule has 0 aliphatic carbocycles. The summed E-state index contributed by atoms with van der Waals surface area (Å²) in [5, 5.41) is 11.4. The van der Waals surface area contributed by atoms with E-state index in [9.17, 15) is 14.3 Å². The zero-order chi connectivity index (χ0) is 23.7. The number of hydrogen-bond acceptors (Lipinski definition) is 3. The number of carbonyl (C=O) groups is 1. The molecule has 0 saturated carbocycles. The number of fused-ring (bicyclic) bond motifs is 2. The summed E-state index contributed by atoms with van der Waals surface area (Å²) in [7, 11) is 0. The van der Waals surface area contributed by atoms with E-state index in [1.807, 2.05) is 61.5 Å². The molecular formula is C28H23FN2O3. The fourth-order valence-corrected chi connectivity index (χ4v) is 4.32. The van der Waals surface area contributed by atoms with Gasteiger partial charge in [-0.05, 0) is 60.5 Å². The molecule has 2 heterocycles. The largest absolute Gasteiger partial charge is 0.487 e. The lowest BCUT2D eigenvalue weighted by Gasteiger charge is -2.10. The van der Waals surface area contributed by atoms with Crippen molar-refractivity contribution < 1.29 is 19.0 Å². The van der Waals surface area contributed by atoms with Crippen LogP contribution in [-0.2, 0) is 24.4 Å². The molecule has 0 bridgehead atoms. The van der Waals surface area contributed by atoms with Gasteiger partial charge in [-0.1, -0.05) is 36.4 Å². The molecule has 5 aromatic rings. The van der Waals surface area contributed by atoms with Crippen LogP contribution in [-0.4, -0.2) is 20.6 Å². The number of halogens is 1. The highest BCUT2D eigenvalue weighted by atomic mass is 19.1. The molecule has 0 amide bonds. The Morgan fingerprint density at radius 3 is 2.62 bits per heavy atom. The van der Waals surface area contributed by atoms with E-state index in [0.29, 0.717) is 18.9 Å². The molecule has 1 N–H and O–H groups in total. The molecule has 3 aromatic carbocycles. The predicted molar refractivity (Wildman–Crippen MR) is 130 cm³/mol. The molecule has 0 fully saturated rings. The van der Waals surface area contributed by atoms with Gasteiger partial charge in [0.05, 0.1) is 17.6 Å². The molecule has 5 nitrogen and oxygen atoms in total. The molecule has 0 spiro atoms. The van der Waals surface area contributed by atoms with E-state index in [-0.39, 0.29) is 12.2 Å². The van der Waals surface area contributed by atoms with Crippen LogP contribution < -0.4 is 4.74 Å². The Morgan fingerprint density at radius 2 is 1.82 bits per heavy atom. The number of benzene rings is 3. The Labute approximate surface area is 196 Å². The first-order valence-corrected chi connectivity index (χ1v) is 11.0. The number of carboxylic acids is 1. The second kappa shape index (κ2) is 8.98. The molecule has 2 aromatic heterocycles. The minimum Gasteiger partial charge on any atom is -0.487 e. The van der Waals surface area contributed by atoms with Gasteiger partial charge in [0.15, 0.2) is 0 Å². The van der Waals surface area contributed by atoms with Gasteiger partial charge in [0.2, 0.25) is 0 Å². The summed E-state index contributed by atoms with van der Waals surface area (Å²) < 4.78 is 21.4. The van der Waals surface area contributed by atoms with Gasteiger partial charge in [0, 0.05) is 28.5 Å². The van der Waals surface area contributed by atoms with Crippen molar-refractivity contribution in [2.24, 2.45) is 0 Å². The lowest BCUT2D eigenvalue weighted by molar-refractivity contribution is -0.136. The van der Waals surface area contributed by atoms with Crippen molar-refractivity contribution in [1.82, 2.24) is 9.55 Å². The van der Waals surface area contributed by atoms with Gasteiger partial charge in [-0.15, -0.1) is 0 Å². The average molecular weight is 455 g/mol. The van der Waals surface area contributed by atoms with Crippen LogP contribution >= 0.6 is 0 Å². The summed E-state index contributed by atoms with van der Waals surface area (Å²) in [5.74, 6) is -0.532. The SMILES string of the molecule is Cc1c(CC(=O)O)c2cc(OCc3ccc4ccccc4n3)ccc2n1Cc1ccc(F)cc1. The number of aliphatic carboxylic acids is 1. The number of rotatable bonds is 7. The van der Waals surface area contributed by atoms with E-state index in [1.165, 1.54) is 12.1 Å². The van der Waals surface area contributed by atoms with E-state index in [0.717, 1.165) is 44.3 Å². The lowest BCUT2D eigenvalue weighted by atomic mass is 10.1. The van der Waals surface area contributed by atoms with Crippen molar-refractivity contribution in [2.75, 3.05) is 0 Å². The smallest absolute Gasteiger partial charge is 0.307 e. The normalized spacial score (nSPS) is 11.2. The van der Waals surface area contributed by atoms with Gasteiger partial charge in [0.1, 0.15) is 18.2 Å². The third-order valence-electron chi connectivity index (χ3n) is 6.05. The highest BCUT2D eigenvalue weighted by Gasteiger charge is 2.17. The topological polar surface area (TPSA) is 64.3 Å². The van der Waals surface area contributed by atoms with Gasteiger partial charge in [-0.3, -0.25) is 4.79 Å². The highest BCUT2D eigenvalue weighted by Crippen LogP contribution is 2.31. The Hall–Kier alpha value is -4.19. The third-order valence-corrected chi connectivity index (χ3v) is 6.05. The van der Waals surface area contributed by atoms with E-state index in [1.54, 1.807) is 12.1 Å². The van der Waals surface area contributed by atoms with E-state index < -0.39 is 5.97 Å². The number of hydrogen-bond donors (Lipinski definition) is 1. The van der Waals surface area contributed by atoms with Crippen LogP contribution in [0.3, 0.4) is 0 Å². The monoisotopic (exact) mass is 454 g/mol. The van der Waals surface area contributed by atoms with E-state index >= 15 is 0 Å². The summed E-state index contributed by atoms with van der Waals surface area (Å²) in [6, 6.07) is 24.0. The second-order valence-electron chi connectivity index (χ2n) is 8.31. The average Bonchev–Trinajstić information content (AvgIpc) is 3.09. The Kier molecular flexibility index (Phi) is 5.72. The fourth-order valence-electron chi connectivity index (χ4n) is 4.32. The fraction of sp³-hybridized carbons (Fsp3) is 0.143. The molecule has 0 aliphatic heterocycles. The van der Waals surface area contributed by atoms with Gasteiger partial charge in [-0.25, -0.2) is 9.37 Å². The maximum atomic E-state index is 13.3. The Morgan fingerprint density at radius 1 is 1.03 bits per heavy atom. The van der Waals surface area contributed by atoms with Gasteiger partial charge < -0.3 is 14.4 Å². The maximum Gasteiger partial charge on any atom is 0.307 e. The maximum absolute atomic E-state index is 13.3. The summed E-state index contributed by atoms with van der Waals surface area (Å²) >= 11 is 0. The number of para-hydroxylation sites is 1. The number of pyridine rings is 1. The van der Waals surface area contributed by atoms with E-state index in [4.69, 9.17) is 4.74 Å². The molecule has 0 atom stereocenters. The molecule has 0 saturated heterocycles. The standard InChI is InChI=1S/C28H23FN2O3/c1-18-24(15-28(32)33)25-14-23(34-17-22-11-8-20-4-2-3-5-26(20)30-22)12-13-27(25)31(18)16-19-6-9-21(29)10-7-19/h2-14H,15-17H2,1H3,(H,32,33). The number of aromatic nitrogens is 2. The number of carboxylic acid groups (broad SMARTS) is 1. The molecule has 0 aliphatic rings. The minimum atomic E-state index is -0.893. The van der Waals surface area contributed by atoms with Crippen LogP contribution in [0.15, 0.2) is 78.9 Å². The summed E-state index contributed by atoms with van der Waals surface area (Å²) in [6.45, 7) is 2.74. The van der Waals surface area contributed by atoms with Crippen LogP contribution in [0.5, 0.6) is 5.75 Å². The van der Waals surface area contributed by atoms with Gasteiger partial charge in [-0.2, -0.15) is 0 Å². The quantitative estimate of drug-likeness (QED) is 0.333. The second-order valence-corrected chi connectivity index (χ2v) is 8.31. The van der Waals surface area contributed by atoms with E-state index in [2.05, 4.69) is 9.55 Å². The first-order valence-electron chi connectivity index (χ1n) is 11.0. The number of ether oxygens (including phenoxy) is 1. The summed E-state index contributed by atoms with van der Waals surface area (Å²) in [6.07, 6.45) is -0.0889. The molecule has 0 radical (unpaired) electrons. The Bertz CT molecular complexity index is 1510. The summed E-state index contributed by atoms with van der Waals surface area (Å²) in [4.78, 5) is 16.2. The molecule has 5 rings (SSSR count). The zero-order valence-electron chi connectivity index (χ0n) is 18.7. The van der Waals surface area contributed by atoms with Crippen LogP contribution in [0.1, 0.15) is 22.5 Å². The van der Waals surface area contributed by atoms with Crippen LogP contribution in [0.2, 0.25) is 0 Å². The van der Waals surface area contributed by atoms with Crippen molar-refractivity contribution in [3.05, 3.63) is 107 Å². The van der Waals surface area contributed by atoms with Crippen molar-refractivity contribution in [3.8, 4) is 5.75 Å². The first kappa shape index (κ1) is 21.6. The Balaban J connectivity index is 1.46. The van der Waals surface area contributed by atoms with Crippen molar-refractivity contribution >= 4 is 27.8 Å². The molecule has 34 heavy (non-hydrogen) atoms. The third kappa shape index (κ3) is 4.35. The lowest BCUT2D eigenvalue weighted by Crippen LogP contribution is -2.05. The van der Waals surface area contributed by atoms with Crippen LogP contribution in [0, 0.1) is 12.7 Å². The van der Waals surface area contributed by atoms with Crippen LogP contribution in [0.25, 0.3) is 21.8 Å². The molecule has 170 valence electrons. The zero-order valence-corrected chi connectivity index (χ0v) is 18.7. The van der Waals surface area contributed by atoms with Crippen LogP contribution in [0.4, 0.5) is 4.39 Å². The van der Waals surface area contributed by atoms with Crippen molar-refractivity contribution in [3.63, 3.8) is 0 Å². The number of nitrogens with zero attached hydrogens (tertiary/aromatic N) is 2.